The Labute approximate surface area is 112 Å². The summed E-state index contributed by atoms with van der Waals surface area (Å²) < 4.78 is 1.08. The summed E-state index contributed by atoms with van der Waals surface area (Å²) in [7, 11) is 0. The third-order valence-corrected chi connectivity index (χ3v) is 4.58. The van der Waals surface area contributed by atoms with Gasteiger partial charge in [0.05, 0.1) is 4.47 Å². The van der Waals surface area contributed by atoms with Gasteiger partial charge >= 0.3 is 0 Å². The molecule has 0 radical (unpaired) electrons. The minimum atomic E-state index is 0.385. The van der Waals surface area contributed by atoms with Crippen molar-refractivity contribution in [2.24, 2.45) is 5.41 Å². The number of anilines is 1. The second-order valence-electron chi connectivity index (χ2n) is 5.20. The zero-order valence-corrected chi connectivity index (χ0v) is 12.1. The Bertz CT molecular complexity index is 386. The average molecular weight is 298 g/mol. The molecule has 1 aliphatic rings. The Kier molecular flexibility index (Phi) is 4.05. The summed E-state index contributed by atoms with van der Waals surface area (Å²) in [6, 6.07) is 2.02. The van der Waals surface area contributed by atoms with Gasteiger partial charge in [-0.1, -0.05) is 6.92 Å². The van der Waals surface area contributed by atoms with E-state index in [2.05, 4.69) is 45.4 Å². The first-order valence-electron chi connectivity index (χ1n) is 6.16. The normalized spacial score (nSPS) is 19.0. The third-order valence-electron chi connectivity index (χ3n) is 3.58. The van der Waals surface area contributed by atoms with Crippen molar-refractivity contribution < 1.29 is 0 Å². The van der Waals surface area contributed by atoms with Crippen LogP contribution in [0.1, 0.15) is 25.3 Å². The van der Waals surface area contributed by atoms with E-state index in [-0.39, 0.29) is 0 Å². The van der Waals surface area contributed by atoms with Crippen LogP contribution in [0.15, 0.2) is 16.7 Å². The zero-order valence-electron chi connectivity index (χ0n) is 10.5. The van der Waals surface area contributed by atoms with Crippen molar-refractivity contribution in [2.45, 2.75) is 26.7 Å². The molecule has 94 valence electrons. The van der Waals surface area contributed by atoms with Gasteiger partial charge in [0.25, 0.3) is 0 Å². The predicted molar refractivity (Wildman–Crippen MR) is 75.4 cm³/mol. The summed E-state index contributed by atoms with van der Waals surface area (Å²) in [6.07, 6.45) is 4.31. The first-order valence-corrected chi connectivity index (χ1v) is 6.96. The van der Waals surface area contributed by atoms with Gasteiger partial charge in [-0.3, -0.25) is 0 Å². The summed E-state index contributed by atoms with van der Waals surface area (Å²) >= 11 is 3.59. The molecule has 3 nitrogen and oxygen atoms in total. The molecule has 0 amide bonds. The Morgan fingerprint density at radius 2 is 2.18 bits per heavy atom. The van der Waals surface area contributed by atoms with Crippen molar-refractivity contribution in [1.82, 2.24) is 10.3 Å². The zero-order chi connectivity index (χ0) is 12.3. The Morgan fingerprint density at radius 1 is 1.47 bits per heavy atom. The lowest BCUT2D eigenvalue weighted by molar-refractivity contribution is 0.247. The van der Waals surface area contributed by atoms with E-state index in [0.29, 0.717) is 5.41 Å². The summed E-state index contributed by atoms with van der Waals surface area (Å²) in [5.74, 6) is 0.963. The van der Waals surface area contributed by atoms with Crippen molar-refractivity contribution in [3.63, 3.8) is 0 Å². The van der Waals surface area contributed by atoms with Gasteiger partial charge in [0.1, 0.15) is 5.82 Å². The number of hydrogen-bond acceptors (Lipinski definition) is 3. The second-order valence-corrected chi connectivity index (χ2v) is 6.00. The lowest BCUT2D eigenvalue weighted by atomic mass is 9.81. The molecule has 4 heteroatoms. The molecule has 1 saturated heterocycles. The van der Waals surface area contributed by atoms with Gasteiger partial charge in [-0.25, -0.2) is 4.98 Å². The third kappa shape index (κ3) is 3.19. The lowest BCUT2D eigenvalue weighted by Crippen LogP contribution is -2.39. The van der Waals surface area contributed by atoms with Crippen LogP contribution in [0.3, 0.4) is 0 Å². The van der Waals surface area contributed by atoms with E-state index < -0.39 is 0 Å². The molecule has 1 aromatic heterocycles. The minimum Gasteiger partial charge on any atom is -0.369 e. The topological polar surface area (TPSA) is 37.0 Å². The van der Waals surface area contributed by atoms with Crippen LogP contribution in [-0.4, -0.2) is 24.6 Å². The molecule has 0 unspecified atom stereocenters. The molecular weight excluding hydrogens is 278 g/mol. The van der Waals surface area contributed by atoms with Gasteiger partial charge in [-0.15, -0.1) is 0 Å². The predicted octanol–water partition coefficient (Wildman–Crippen LogP) is 2.95. The van der Waals surface area contributed by atoms with E-state index in [1.54, 1.807) is 0 Å². The summed E-state index contributed by atoms with van der Waals surface area (Å²) in [6.45, 7) is 7.68. The van der Waals surface area contributed by atoms with Crippen LogP contribution < -0.4 is 10.6 Å². The highest BCUT2D eigenvalue weighted by molar-refractivity contribution is 9.10. The summed E-state index contributed by atoms with van der Waals surface area (Å²) in [5.41, 5.74) is 1.61. The fourth-order valence-electron chi connectivity index (χ4n) is 2.17. The van der Waals surface area contributed by atoms with Crippen LogP contribution in [0, 0.1) is 12.3 Å². The highest BCUT2D eigenvalue weighted by Crippen LogP contribution is 2.30. The monoisotopic (exact) mass is 297 g/mol. The number of halogens is 1. The lowest BCUT2D eigenvalue weighted by Gasteiger charge is -2.34. The molecule has 2 heterocycles. The summed E-state index contributed by atoms with van der Waals surface area (Å²) in [4.78, 5) is 4.38. The minimum absolute atomic E-state index is 0.385. The van der Waals surface area contributed by atoms with Crippen LogP contribution in [0.25, 0.3) is 0 Å². The number of nitrogens with zero attached hydrogens (tertiary/aromatic N) is 1. The average Bonchev–Trinajstić information content (AvgIpc) is 2.32. The van der Waals surface area contributed by atoms with E-state index in [1.165, 1.54) is 18.4 Å². The van der Waals surface area contributed by atoms with E-state index in [9.17, 15) is 0 Å². The Balaban J connectivity index is 1.99. The first kappa shape index (κ1) is 12.8. The molecule has 0 bridgehead atoms. The van der Waals surface area contributed by atoms with Gasteiger partial charge < -0.3 is 10.6 Å². The molecule has 0 atom stereocenters. The molecule has 1 aliphatic heterocycles. The van der Waals surface area contributed by atoms with Gasteiger partial charge in [-0.2, -0.15) is 0 Å². The second kappa shape index (κ2) is 5.36. The van der Waals surface area contributed by atoms with Crippen molar-refractivity contribution >= 4 is 21.7 Å². The Hall–Kier alpha value is -0.610. The van der Waals surface area contributed by atoms with E-state index in [4.69, 9.17) is 0 Å². The van der Waals surface area contributed by atoms with E-state index in [1.807, 2.05) is 12.3 Å². The quantitative estimate of drug-likeness (QED) is 0.901. The molecule has 0 aromatic carbocycles. The number of rotatable bonds is 3. The van der Waals surface area contributed by atoms with Gasteiger partial charge in [0.2, 0.25) is 0 Å². The number of hydrogen-bond donors (Lipinski definition) is 2. The van der Waals surface area contributed by atoms with Crippen molar-refractivity contribution in [3.05, 3.63) is 22.3 Å². The first-order chi connectivity index (χ1) is 8.11. The molecule has 0 spiro atoms. The SMILES string of the molecule is Cc1ccnc(NCC2(C)CCNCC2)c1Br. The van der Waals surface area contributed by atoms with Crippen LogP contribution >= 0.6 is 15.9 Å². The van der Waals surface area contributed by atoms with E-state index in [0.717, 1.165) is 29.9 Å². The van der Waals surface area contributed by atoms with E-state index >= 15 is 0 Å². The number of aryl methyl sites for hydroxylation is 1. The molecule has 0 saturated carbocycles. The fraction of sp³-hybridized carbons (Fsp3) is 0.615. The maximum absolute atomic E-state index is 4.38. The van der Waals surface area contributed by atoms with Gasteiger partial charge in [-0.05, 0) is 65.8 Å². The summed E-state index contributed by atoms with van der Waals surface area (Å²) in [5, 5.41) is 6.88. The van der Waals surface area contributed by atoms with Crippen molar-refractivity contribution in [3.8, 4) is 0 Å². The smallest absolute Gasteiger partial charge is 0.140 e. The highest BCUT2D eigenvalue weighted by atomic mass is 79.9. The van der Waals surface area contributed by atoms with Gasteiger partial charge in [0, 0.05) is 12.7 Å². The molecule has 2 N–H and O–H groups in total. The number of piperidine rings is 1. The van der Waals surface area contributed by atoms with Gasteiger partial charge in [0.15, 0.2) is 0 Å². The molecule has 17 heavy (non-hydrogen) atoms. The number of nitrogens with one attached hydrogen (secondary N) is 2. The maximum Gasteiger partial charge on any atom is 0.140 e. The molecule has 1 aromatic rings. The molecule has 1 fully saturated rings. The molecular formula is C13H20BrN3. The molecule has 0 aliphatic carbocycles. The maximum atomic E-state index is 4.38. The van der Waals surface area contributed by atoms with Crippen LogP contribution in [-0.2, 0) is 0 Å². The fourth-order valence-corrected chi connectivity index (χ4v) is 2.54. The largest absolute Gasteiger partial charge is 0.369 e. The van der Waals surface area contributed by atoms with Crippen molar-refractivity contribution in [2.75, 3.05) is 25.0 Å². The highest BCUT2D eigenvalue weighted by Gasteiger charge is 2.26. The standard InChI is InChI=1S/C13H20BrN3/c1-10-3-6-16-12(11(10)14)17-9-13(2)4-7-15-8-5-13/h3,6,15H,4-5,7-9H2,1-2H3,(H,16,17). The number of aromatic nitrogens is 1. The van der Waals surface area contributed by atoms with Crippen LogP contribution in [0.5, 0.6) is 0 Å². The number of pyridine rings is 1. The Morgan fingerprint density at radius 3 is 2.88 bits per heavy atom. The van der Waals surface area contributed by atoms with Crippen molar-refractivity contribution in [1.29, 1.82) is 0 Å². The van der Waals surface area contributed by atoms with Crippen LogP contribution in [0.2, 0.25) is 0 Å². The molecule has 2 rings (SSSR count). The van der Waals surface area contributed by atoms with Crippen LogP contribution in [0.4, 0.5) is 5.82 Å².